The van der Waals surface area contributed by atoms with Crippen LogP contribution in [0.4, 0.5) is 8.78 Å². The molecule has 0 aliphatic rings. The summed E-state index contributed by atoms with van der Waals surface area (Å²) in [5.41, 5.74) is -0.220. The molecule has 0 bridgehead atoms. The summed E-state index contributed by atoms with van der Waals surface area (Å²) in [6.45, 7) is 0. The molecule has 0 heterocycles. The van der Waals surface area contributed by atoms with E-state index in [9.17, 15) is 8.78 Å². The molecule has 0 aliphatic heterocycles. The Balaban J connectivity index is 3.41. The van der Waals surface area contributed by atoms with Gasteiger partial charge >= 0.3 is 0 Å². The van der Waals surface area contributed by atoms with Crippen molar-refractivity contribution in [2.45, 2.75) is 4.90 Å². The lowest BCUT2D eigenvalue weighted by molar-refractivity contribution is 0.573. The average Bonchev–Trinajstić information content (AvgIpc) is 2.08. The van der Waals surface area contributed by atoms with Crippen molar-refractivity contribution < 1.29 is 8.78 Å². The van der Waals surface area contributed by atoms with Crippen LogP contribution in [0.15, 0.2) is 17.0 Å². The minimum absolute atomic E-state index is 0.0671. The molecule has 0 aromatic heterocycles. The number of nitriles is 1. The van der Waals surface area contributed by atoms with Crippen molar-refractivity contribution in [3.63, 3.8) is 0 Å². The van der Waals surface area contributed by atoms with E-state index in [4.69, 9.17) is 5.26 Å². The van der Waals surface area contributed by atoms with Crippen molar-refractivity contribution in [2.75, 3.05) is 6.26 Å². The minimum Gasteiger partial charge on any atom is -0.206 e. The minimum atomic E-state index is -0.678. The molecule has 1 nitrogen and oxygen atoms in total. The van der Waals surface area contributed by atoms with Crippen molar-refractivity contribution in [3.05, 3.63) is 29.3 Å². The lowest BCUT2D eigenvalue weighted by atomic mass is 10.2. The van der Waals surface area contributed by atoms with Crippen molar-refractivity contribution in [1.29, 1.82) is 5.26 Å². The quantitative estimate of drug-likeness (QED) is 0.628. The van der Waals surface area contributed by atoms with Crippen molar-refractivity contribution in [1.82, 2.24) is 0 Å². The number of thioether (sulfide) groups is 1. The first kappa shape index (κ1) is 9.01. The second-order valence-corrected chi connectivity index (χ2v) is 2.87. The third-order valence-corrected chi connectivity index (χ3v) is 2.18. The van der Waals surface area contributed by atoms with E-state index in [1.54, 1.807) is 12.3 Å². The highest BCUT2D eigenvalue weighted by molar-refractivity contribution is 7.98. The van der Waals surface area contributed by atoms with Crippen LogP contribution in [0.3, 0.4) is 0 Å². The van der Waals surface area contributed by atoms with Crippen molar-refractivity contribution >= 4 is 11.8 Å². The Hall–Kier alpha value is -1.08. The summed E-state index contributed by atoms with van der Waals surface area (Å²) >= 11 is 1.02. The number of halogens is 2. The maximum absolute atomic E-state index is 12.9. The van der Waals surface area contributed by atoms with Gasteiger partial charge in [-0.15, -0.1) is 11.8 Å². The first-order valence-corrected chi connectivity index (χ1v) is 4.35. The normalized spacial score (nSPS) is 9.50. The lowest BCUT2D eigenvalue weighted by Gasteiger charge is -2.01. The molecule has 12 heavy (non-hydrogen) atoms. The molecular formula is C8H5F2NS. The van der Waals surface area contributed by atoms with Crippen LogP contribution in [-0.2, 0) is 0 Å². The predicted molar refractivity (Wildman–Crippen MR) is 42.9 cm³/mol. The number of benzene rings is 1. The van der Waals surface area contributed by atoms with Gasteiger partial charge in [-0.05, 0) is 18.4 Å². The molecule has 1 aromatic carbocycles. The first-order chi connectivity index (χ1) is 5.70. The number of hydrogen-bond donors (Lipinski definition) is 0. The summed E-state index contributed by atoms with van der Waals surface area (Å²) in [5.74, 6) is -1.23. The zero-order chi connectivity index (χ0) is 9.14. The Labute approximate surface area is 73.0 Å². The summed E-state index contributed by atoms with van der Waals surface area (Å²) in [4.78, 5) is 0.0671. The molecule has 1 aromatic rings. The Morgan fingerprint density at radius 3 is 2.33 bits per heavy atom. The largest absolute Gasteiger partial charge is 0.206 e. The molecular weight excluding hydrogens is 180 g/mol. The summed E-state index contributed by atoms with van der Waals surface area (Å²) in [5, 5.41) is 8.48. The lowest BCUT2D eigenvalue weighted by Crippen LogP contribution is -1.90. The third-order valence-electron chi connectivity index (χ3n) is 1.37. The van der Waals surface area contributed by atoms with Gasteiger partial charge in [0.1, 0.15) is 23.3 Å². The van der Waals surface area contributed by atoms with Crippen molar-refractivity contribution in [3.8, 4) is 6.07 Å². The van der Waals surface area contributed by atoms with Crippen LogP contribution < -0.4 is 0 Å². The highest BCUT2D eigenvalue weighted by Crippen LogP contribution is 2.25. The average molecular weight is 185 g/mol. The molecule has 0 N–H and O–H groups in total. The Morgan fingerprint density at radius 1 is 1.33 bits per heavy atom. The van der Waals surface area contributed by atoms with E-state index in [1.807, 2.05) is 0 Å². The van der Waals surface area contributed by atoms with Crippen LogP contribution >= 0.6 is 11.8 Å². The Kier molecular flexibility index (Phi) is 2.66. The topological polar surface area (TPSA) is 23.8 Å². The summed E-state index contributed by atoms with van der Waals surface area (Å²) in [7, 11) is 0. The molecule has 0 saturated heterocycles. The van der Waals surface area contributed by atoms with Gasteiger partial charge in [0.15, 0.2) is 0 Å². The van der Waals surface area contributed by atoms with E-state index >= 15 is 0 Å². The molecule has 0 amide bonds. The third kappa shape index (κ3) is 1.41. The van der Waals surface area contributed by atoms with Gasteiger partial charge in [0.2, 0.25) is 0 Å². The van der Waals surface area contributed by atoms with Crippen molar-refractivity contribution in [2.24, 2.45) is 0 Å². The van der Waals surface area contributed by atoms with Gasteiger partial charge in [0.05, 0.1) is 4.90 Å². The van der Waals surface area contributed by atoms with Crippen LogP contribution in [0.1, 0.15) is 5.56 Å². The van der Waals surface area contributed by atoms with E-state index < -0.39 is 11.6 Å². The first-order valence-electron chi connectivity index (χ1n) is 3.12. The molecule has 0 spiro atoms. The van der Waals surface area contributed by atoms with Gasteiger partial charge in [-0.25, -0.2) is 8.78 Å². The molecule has 0 unspecified atom stereocenters. The van der Waals surface area contributed by atoms with Crippen LogP contribution in [0.25, 0.3) is 0 Å². The zero-order valence-corrected chi connectivity index (χ0v) is 7.08. The summed E-state index contributed by atoms with van der Waals surface area (Å²) in [6.07, 6.45) is 1.60. The van der Waals surface area contributed by atoms with E-state index in [1.165, 1.54) is 0 Å². The molecule has 62 valence electrons. The molecule has 1 rings (SSSR count). The standard InChI is InChI=1S/C8H5F2NS/c1-12-8-5(4-11)6(9)2-3-7(8)10/h2-3H,1H3. The maximum atomic E-state index is 12.9. The summed E-state index contributed by atoms with van der Waals surface area (Å²) < 4.78 is 25.7. The number of nitrogens with zero attached hydrogens (tertiary/aromatic N) is 1. The molecule has 4 heteroatoms. The summed E-state index contributed by atoms with van der Waals surface area (Å²) in [6, 6.07) is 3.59. The van der Waals surface area contributed by atoms with Crippen LogP contribution in [0.5, 0.6) is 0 Å². The van der Waals surface area contributed by atoms with Crippen LogP contribution in [0, 0.1) is 23.0 Å². The fraction of sp³-hybridized carbons (Fsp3) is 0.125. The van der Waals surface area contributed by atoms with Crippen LogP contribution in [-0.4, -0.2) is 6.26 Å². The monoisotopic (exact) mass is 185 g/mol. The van der Waals surface area contributed by atoms with Gasteiger partial charge in [0, 0.05) is 0 Å². The molecule has 0 fully saturated rings. The van der Waals surface area contributed by atoms with E-state index in [0.29, 0.717) is 0 Å². The zero-order valence-electron chi connectivity index (χ0n) is 6.27. The van der Waals surface area contributed by atoms with Gasteiger partial charge in [-0.3, -0.25) is 0 Å². The van der Waals surface area contributed by atoms with Crippen LogP contribution in [0.2, 0.25) is 0 Å². The van der Waals surface area contributed by atoms with Gasteiger partial charge < -0.3 is 0 Å². The maximum Gasteiger partial charge on any atom is 0.142 e. The molecule has 0 saturated carbocycles. The Morgan fingerprint density at radius 2 is 1.92 bits per heavy atom. The Bertz CT molecular complexity index is 344. The van der Waals surface area contributed by atoms with E-state index in [2.05, 4.69) is 0 Å². The second kappa shape index (κ2) is 3.55. The van der Waals surface area contributed by atoms with E-state index in [0.717, 1.165) is 23.9 Å². The predicted octanol–water partition coefficient (Wildman–Crippen LogP) is 2.56. The smallest absolute Gasteiger partial charge is 0.142 e. The van der Waals surface area contributed by atoms with Gasteiger partial charge in [-0.1, -0.05) is 0 Å². The molecule has 0 aliphatic carbocycles. The van der Waals surface area contributed by atoms with Gasteiger partial charge in [0.25, 0.3) is 0 Å². The number of hydrogen-bond acceptors (Lipinski definition) is 2. The number of rotatable bonds is 1. The highest BCUT2D eigenvalue weighted by atomic mass is 32.2. The SMILES string of the molecule is CSc1c(F)ccc(F)c1C#N. The fourth-order valence-electron chi connectivity index (χ4n) is 0.837. The van der Waals surface area contributed by atoms with E-state index in [-0.39, 0.29) is 10.5 Å². The van der Waals surface area contributed by atoms with Gasteiger partial charge in [-0.2, -0.15) is 5.26 Å². The molecule has 0 radical (unpaired) electrons. The highest BCUT2D eigenvalue weighted by Gasteiger charge is 2.11. The fourth-order valence-corrected chi connectivity index (χ4v) is 1.45. The molecule has 0 atom stereocenters. The second-order valence-electron chi connectivity index (χ2n) is 2.05.